The summed E-state index contributed by atoms with van der Waals surface area (Å²) in [5.41, 5.74) is 1.35. The Labute approximate surface area is 133 Å². The number of esters is 1. The van der Waals surface area contributed by atoms with E-state index in [0.717, 1.165) is 21.8 Å². The molecule has 3 aromatic rings. The normalized spacial score (nSPS) is 10.8. The van der Waals surface area contributed by atoms with Crippen LogP contribution in [0, 0.1) is 0 Å². The van der Waals surface area contributed by atoms with Crippen LogP contribution in [0.1, 0.15) is 23.7 Å². The van der Waals surface area contributed by atoms with Crippen LogP contribution in [0.15, 0.2) is 53.3 Å². The second-order valence-electron chi connectivity index (χ2n) is 4.87. The van der Waals surface area contributed by atoms with Gasteiger partial charge >= 0.3 is 134 Å². The Morgan fingerprint density at radius 1 is 1.14 bits per heavy atom. The van der Waals surface area contributed by atoms with Crippen LogP contribution < -0.4 is 5.56 Å². The molecular formula is C17H15NO3Se. The molecule has 0 saturated carbocycles. The van der Waals surface area contributed by atoms with Gasteiger partial charge in [-0.05, 0) is 0 Å². The average Bonchev–Trinajstić information content (AvgIpc) is 2.90. The zero-order chi connectivity index (χ0) is 15.5. The number of fused-ring (bicyclic) bond motifs is 1. The van der Waals surface area contributed by atoms with E-state index in [0.29, 0.717) is 12.2 Å². The third-order valence-electron chi connectivity index (χ3n) is 3.27. The molecule has 0 radical (unpaired) electrons. The summed E-state index contributed by atoms with van der Waals surface area (Å²) in [6.07, 6.45) is 0.798. The van der Waals surface area contributed by atoms with Gasteiger partial charge in [-0.3, -0.25) is 0 Å². The van der Waals surface area contributed by atoms with Gasteiger partial charge in [-0.2, -0.15) is 0 Å². The van der Waals surface area contributed by atoms with Crippen LogP contribution in [0.3, 0.4) is 0 Å². The maximum absolute atomic E-state index is 12.4. The molecule has 1 aromatic heterocycles. The second-order valence-corrected chi connectivity index (χ2v) is 6.94. The van der Waals surface area contributed by atoms with E-state index in [1.54, 1.807) is 27.8 Å². The molecule has 0 amide bonds. The number of aromatic nitrogens is 1. The first kappa shape index (κ1) is 14.8. The van der Waals surface area contributed by atoms with Crippen molar-refractivity contribution < 1.29 is 9.53 Å². The summed E-state index contributed by atoms with van der Waals surface area (Å²) in [5.74, 6) is -0.324. The summed E-state index contributed by atoms with van der Waals surface area (Å²) in [5, 5.41) is 0.772. The van der Waals surface area contributed by atoms with Crippen molar-refractivity contribution in [2.75, 3.05) is 6.61 Å². The molecule has 0 fully saturated rings. The zero-order valence-electron chi connectivity index (χ0n) is 12.1. The van der Waals surface area contributed by atoms with Crippen LogP contribution in [-0.4, -0.2) is 30.9 Å². The van der Waals surface area contributed by atoms with E-state index in [9.17, 15) is 9.59 Å². The summed E-state index contributed by atoms with van der Waals surface area (Å²) < 4.78 is 7.96. The third-order valence-corrected chi connectivity index (χ3v) is 5.60. The number of benzene rings is 2. The molecule has 0 aliphatic rings. The molecule has 0 N–H and O–H groups in total. The molecule has 4 nitrogen and oxygen atoms in total. The topological polar surface area (TPSA) is 48.3 Å². The first-order chi connectivity index (χ1) is 10.7. The van der Waals surface area contributed by atoms with Gasteiger partial charge in [-0.15, -0.1) is 0 Å². The van der Waals surface area contributed by atoms with Gasteiger partial charge in [0.05, 0.1) is 0 Å². The Morgan fingerprint density at radius 3 is 2.55 bits per heavy atom. The number of hydrogen-bond acceptors (Lipinski definition) is 3. The number of carbonyl (C=O) groups is 1. The van der Waals surface area contributed by atoms with Crippen molar-refractivity contribution in [1.82, 2.24) is 3.56 Å². The van der Waals surface area contributed by atoms with Gasteiger partial charge in [-0.1, -0.05) is 0 Å². The molecule has 3 rings (SSSR count). The number of hydrogen-bond donors (Lipinski definition) is 0. The van der Waals surface area contributed by atoms with Gasteiger partial charge < -0.3 is 0 Å². The van der Waals surface area contributed by atoms with Crippen molar-refractivity contribution in [1.29, 1.82) is 0 Å². The van der Waals surface area contributed by atoms with E-state index in [1.165, 1.54) is 0 Å². The summed E-state index contributed by atoms with van der Waals surface area (Å²) >= 11 is -0.0576. The minimum atomic E-state index is -0.324. The van der Waals surface area contributed by atoms with Crippen LogP contribution in [0.25, 0.3) is 15.3 Å². The van der Waals surface area contributed by atoms with E-state index in [2.05, 4.69) is 0 Å². The third kappa shape index (κ3) is 2.78. The molecule has 22 heavy (non-hydrogen) atoms. The molecule has 0 aliphatic carbocycles. The molecule has 0 spiro atoms. The predicted octanol–water partition coefficient (Wildman–Crippen LogP) is 2.61. The summed E-state index contributed by atoms with van der Waals surface area (Å²) in [6, 6.07) is 14.7. The zero-order valence-corrected chi connectivity index (χ0v) is 13.8. The molecule has 0 unspecified atom stereocenters. The van der Waals surface area contributed by atoms with Crippen molar-refractivity contribution in [2.45, 2.75) is 13.3 Å². The van der Waals surface area contributed by atoms with Gasteiger partial charge in [-0.25, -0.2) is 0 Å². The molecule has 0 saturated heterocycles. The van der Waals surface area contributed by atoms with Crippen molar-refractivity contribution in [2.24, 2.45) is 0 Å². The standard InChI is InChI=1S/C17H15NO3Se/c1-2-11-21-17(20)12-7-9-13(10-8-12)18-16(19)14-5-3-4-6-15(14)22-18/h3-10H,2,11H2,1H3. The van der Waals surface area contributed by atoms with Gasteiger partial charge in [0.2, 0.25) is 0 Å². The SMILES string of the molecule is CCCOC(=O)c1ccc(-n2[se]c3ccccc3c2=O)cc1. The van der Waals surface area contributed by atoms with E-state index in [4.69, 9.17) is 4.74 Å². The molecule has 0 atom stereocenters. The number of rotatable bonds is 4. The van der Waals surface area contributed by atoms with E-state index in [-0.39, 0.29) is 26.3 Å². The second kappa shape index (κ2) is 6.34. The van der Waals surface area contributed by atoms with Crippen molar-refractivity contribution in [3.8, 4) is 5.69 Å². The Kier molecular flexibility index (Phi) is 4.27. The average molecular weight is 360 g/mol. The first-order valence-corrected chi connectivity index (χ1v) is 8.71. The van der Waals surface area contributed by atoms with Crippen LogP contribution in [0.2, 0.25) is 0 Å². The van der Waals surface area contributed by atoms with Gasteiger partial charge in [0, 0.05) is 0 Å². The molecule has 0 aliphatic heterocycles. The fourth-order valence-corrected chi connectivity index (χ4v) is 4.25. The summed E-state index contributed by atoms with van der Waals surface area (Å²) in [6.45, 7) is 2.37. The molecule has 2 aromatic carbocycles. The molecule has 1 heterocycles. The monoisotopic (exact) mass is 361 g/mol. The Morgan fingerprint density at radius 2 is 1.86 bits per heavy atom. The minimum absolute atomic E-state index is 0.0249. The van der Waals surface area contributed by atoms with Gasteiger partial charge in [0.25, 0.3) is 0 Å². The Hall–Kier alpha value is -2.10. The van der Waals surface area contributed by atoms with Crippen LogP contribution in [-0.2, 0) is 4.74 Å². The number of ether oxygens (including phenoxy) is 1. The van der Waals surface area contributed by atoms with Crippen LogP contribution >= 0.6 is 0 Å². The van der Waals surface area contributed by atoms with Gasteiger partial charge in [0.15, 0.2) is 0 Å². The Balaban J connectivity index is 1.93. The number of carbonyl (C=O) groups excluding carboxylic acids is 1. The number of nitrogens with zero attached hydrogens (tertiary/aromatic N) is 1. The summed E-state index contributed by atoms with van der Waals surface area (Å²) in [4.78, 5) is 24.2. The fourth-order valence-electron chi connectivity index (χ4n) is 2.15. The van der Waals surface area contributed by atoms with E-state index >= 15 is 0 Å². The van der Waals surface area contributed by atoms with Crippen molar-refractivity contribution in [3.63, 3.8) is 0 Å². The van der Waals surface area contributed by atoms with Crippen molar-refractivity contribution in [3.05, 3.63) is 64.4 Å². The molecular weight excluding hydrogens is 345 g/mol. The van der Waals surface area contributed by atoms with Crippen LogP contribution in [0.4, 0.5) is 0 Å². The molecule has 0 bridgehead atoms. The molecule has 5 heteroatoms. The predicted molar refractivity (Wildman–Crippen MR) is 87.1 cm³/mol. The fraction of sp³-hybridized carbons (Fsp3) is 0.176. The maximum atomic E-state index is 12.4. The summed E-state index contributed by atoms with van der Waals surface area (Å²) in [7, 11) is 0. The quantitative estimate of drug-likeness (QED) is 0.531. The first-order valence-electron chi connectivity index (χ1n) is 7.09. The Bertz CT molecular complexity index is 861. The van der Waals surface area contributed by atoms with E-state index in [1.807, 2.05) is 31.2 Å². The van der Waals surface area contributed by atoms with E-state index < -0.39 is 0 Å². The van der Waals surface area contributed by atoms with Crippen molar-refractivity contribution >= 4 is 30.3 Å². The molecule has 112 valence electrons. The van der Waals surface area contributed by atoms with Crippen LogP contribution in [0.5, 0.6) is 0 Å². The van der Waals surface area contributed by atoms with Gasteiger partial charge in [0.1, 0.15) is 0 Å².